The van der Waals surface area contributed by atoms with Crippen molar-refractivity contribution in [3.05, 3.63) is 95.4 Å². The van der Waals surface area contributed by atoms with E-state index >= 15 is 0 Å². The van der Waals surface area contributed by atoms with Gasteiger partial charge in [-0.1, -0.05) is 47.1 Å². The van der Waals surface area contributed by atoms with E-state index in [1.165, 1.54) is 0 Å². The van der Waals surface area contributed by atoms with Crippen LogP contribution in [0.3, 0.4) is 0 Å². The molecule has 4 aromatic rings. The number of halogens is 1. The van der Waals surface area contributed by atoms with Crippen LogP contribution < -0.4 is 0 Å². The third-order valence-electron chi connectivity index (χ3n) is 4.76. The highest BCUT2D eigenvalue weighted by molar-refractivity contribution is 6.30. The molecule has 7 heteroatoms. The number of pyridine rings is 1. The molecular formula is C23H20ClN5O. The van der Waals surface area contributed by atoms with E-state index in [9.17, 15) is 4.79 Å². The standard InChI is InChI=1S/C23H20ClN5O/c1-2-28(16-17-7-4-3-5-8-17)23(30)21-22(18-9-6-14-25-15-18)29(27-26-21)20-12-10-19(24)11-13-20/h3-15H,2,16H2,1H3. The molecule has 0 unspecified atom stereocenters. The molecule has 0 saturated carbocycles. The van der Waals surface area contributed by atoms with Gasteiger partial charge in [0.1, 0.15) is 5.69 Å². The van der Waals surface area contributed by atoms with Crippen molar-refractivity contribution >= 4 is 17.5 Å². The molecule has 0 radical (unpaired) electrons. The second-order valence-corrected chi connectivity index (χ2v) is 7.16. The summed E-state index contributed by atoms with van der Waals surface area (Å²) in [5, 5.41) is 9.17. The van der Waals surface area contributed by atoms with Crippen molar-refractivity contribution in [1.82, 2.24) is 24.9 Å². The van der Waals surface area contributed by atoms with Crippen LogP contribution in [-0.2, 0) is 6.54 Å². The molecule has 0 fully saturated rings. The van der Waals surface area contributed by atoms with Gasteiger partial charge in [0.25, 0.3) is 5.91 Å². The molecule has 2 heterocycles. The molecule has 0 aliphatic heterocycles. The Morgan fingerprint density at radius 1 is 1.03 bits per heavy atom. The molecule has 0 spiro atoms. The van der Waals surface area contributed by atoms with Crippen molar-refractivity contribution < 1.29 is 4.79 Å². The second kappa shape index (κ2) is 8.88. The van der Waals surface area contributed by atoms with Crippen LogP contribution in [0.1, 0.15) is 23.0 Å². The van der Waals surface area contributed by atoms with Gasteiger partial charge in [-0.2, -0.15) is 0 Å². The lowest BCUT2D eigenvalue weighted by atomic mass is 10.1. The molecule has 0 bridgehead atoms. The third-order valence-corrected chi connectivity index (χ3v) is 5.02. The topological polar surface area (TPSA) is 63.9 Å². The summed E-state index contributed by atoms with van der Waals surface area (Å²) in [6.45, 7) is 3.00. The number of amides is 1. The van der Waals surface area contributed by atoms with Crippen molar-refractivity contribution in [3.63, 3.8) is 0 Å². The van der Waals surface area contributed by atoms with E-state index in [0.717, 1.165) is 16.8 Å². The van der Waals surface area contributed by atoms with Gasteiger partial charge in [0.2, 0.25) is 0 Å². The molecule has 4 rings (SSSR count). The van der Waals surface area contributed by atoms with Gasteiger partial charge in [0, 0.05) is 36.1 Å². The van der Waals surface area contributed by atoms with Crippen LogP contribution in [0.5, 0.6) is 0 Å². The van der Waals surface area contributed by atoms with Crippen molar-refractivity contribution in [2.24, 2.45) is 0 Å². The van der Waals surface area contributed by atoms with Gasteiger partial charge >= 0.3 is 0 Å². The summed E-state index contributed by atoms with van der Waals surface area (Å²) in [5.74, 6) is -0.180. The Balaban J connectivity index is 1.77. The molecule has 0 aliphatic rings. The van der Waals surface area contributed by atoms with Crippen LogP contribution in [0.4, 0.5) is 0 Å². The van der Waals surface area contributed by atoms with Gasteiger partial charge < -0.3 is 4.90 Å². The van der Waals surface area contributed by atoms with Crippen molar-refractivity contribution in [1.29, 1.82) is 0 Å². The average molecular weight is 418 g/mol. The summed E-state index contributed by atoms with van der Waals surface area (Å²) >= 11 is 6.03. The average Bonchev–Trinajstić information content (AvgIpc) is 3.24. The highest BCUT2D eigenvalue weighted by Gasteiger charge is 2.26. The first-order valence-corrected chi connectivity index (χ1v) is 10.0. The fraction of sp³-hybridized carbons (Fsp3) is 0.130. The Labute approximate surface area is 179 Å². The minimum Gasteiger partial charge on any atom is -0.333 e. The molecule has 2 aromatic heterocycles. The number of carbonyl (C=O) groups excluding carboxylic acids is 1. The summed E-state index contributed by atoms with van der Waals surface area (Å²) in [6.07, 6.45) is 3.39. The Morgan fingerprint density at radius 2 is 1.80 bits per heavy atom. The maximum absolute atomic E-state index is 13.4. The highest BCUT2D eigenvalue weighted by Crippen LogP contribution is 2.26. The largest absolute Gasteiger partial charge is 0.333 e. The first-order chi connectivity index (χ1) is 14.7. The smallest absolute Gasteiger partial charge is 0.277 e. The summed E-state index contributed by atoms with van der Waals surface area (Å²) in [5.41, 5.74) is 3.46. The van der Waals surface area contributed by atoms with Crippen LogP contribution in [0.25, 0.3) is 16.9 Å². The van der Waals surface area contributed by atoms with Crippen molar-refractivity contribution in [3.8, 4) is 16.9 Å². The monoisotopic (exact) mass is 417 g/mol. The van der Waals surface area contributed by atoms with Gasteiger partial charge in [-0.15, -0.1) is 5.10 Å². The van der Waals surface area contributed by atoms with E-state index in [1.807, 2.05) is 61.5 Å². The summed E-state index contributed by atoms with van der Waals surface area (Å²) < 4.78 is 1.65. The number of carbonyl (C=O) groups is 1. The summed E-state index contributed by atoms with van der Waals surface area (Å²) in [6, 6.07) is 20.8. The summed E-state index contributed by atoms with van der Waals surface area (Å²) in [7, 11) is 0. The van der Waals surface area contributed by atoms with Gasteiger partial charge in [-0.25, -0.2) is 4.68 Å². The van der Waals surface area contributed by atoms with Crippen LogP contribution in [0.15, 0.2) is 79.1 Å². The SMILES string of the molecule is CCN(Cc1ccccc1)C(=O)c1nnn(-c2ccc(Cl)cc2)c1-c1cccnc1. The second-order valence-electron chi connectivity index (χ2n) is 6.72. The molecule has 30 heavy (non-hydrogen) atoms. The molecule has 150 valence electrons. The van der Waals surface area contributed by atoms with Crippen LogP contribution >= 0.6 is 11.6 Å². The Kier molecular flexibility index (Phi) is 5.86. The van der Waals surface area contributed by atoms with Crippen molar-refractivity contribution in [2.75, 3.05) is 6.54 Å². The molecular weight excluding hydrogens is 398 g/mol. The molecule has 2 aromatic carbocycles. The first-order valence-electron chi connectivity index (χ1n) is 9.62. The van der Waals surface area contributed by atoms with E-state index in [2.05, 4.69) is 15.3 Å². The van der Waals surface area contributed by atoms with E-state index < -0.39 is 0 Å². The Bertz CT molecular complexity index is 1130. The number of benzene rings is 2. The molecule has 6 nitrogen and oxygen atoms in total. The maximum Gasteiger partial charge on any atom is 0.277 e. The number of aromatic nitrogens is 4. The van der Waals surface area contributed by atoms with Crippen molar-refractivity contribution in [2.45, 2.75) is 13.5 Å². The lowest BCUT2D eigenvalue weighted by molar-refractivity contribution is 0.0747. The fourth-order valence-corrected chi connectivity index (χ4v) is 3.36. The van der Waals surface area contributed by atoms with Gasteiger partial charge in [-0.05, 0) is 48.9 Å². The highest BCUT2D eigenvalue weighted by atomic mass is 35.5. The molecule has 1 amide bonds. The zero-order chi connectivity index (χ0) is 20.9. The Morgan fingerprint density at radius 3 is 2.47 bits per heavy atom. The zero-order valence-corrected chi connectivity index (χ0v) is 17.2. The quantitative estimate of drug-likeness (QED) is 0.458. The van der Waals surface area contributed by atoms with Gasteiger partial charge in [0.05, 0.1) is 5.69 Å². The predicted octanol–water partition coefficient (Wildman–Crippen LogP) is 4.65. The van der Waals surface area contributed by atoms with E-state index in [4.69, 9.17) is 11.6 Å². The summed E-state index contributed by atoms with van der Waals surface area (Å²) in [4.78, 5) is 19.4. The third kappa shape index (κ3) is 4.09. The minimum absolute atomic E-state index is 0.180. The van der Waals surface area contributed by atoms with Gasteiger partial charge in [-0.3, -0.25) is 9.78 Å². The van der Waals surface area contributed by atoms with Crippen LogP contribution in [-0.4, -0.2) is 37.3 Å². The molecule has 0 aliphatic carbocycles. The fourth-order valence-electron chi connectivity index (χ4n) is 3.23. The van der Waals surface area contributed by atoms with E-state index in [1.54, 1.807) is 34.1 Å². The molecule has 0 saturated heterocycles. The van der Waals surface area contributed by atoms with E-state index in [-0.39, 0.29) is 11.6 Å². The predicted molar refractivity (Wildman–Crippen MR) is 116 cm³/mol. The number of rotatable bonds is 6. The molecule has 0 atom stereocenters. The first kappa shape index (κ1) is 19.8. The number of hydrogen-bond donors (Lipinski definition) is 0. The Hall–Kier alpha value is -3.51. The zero-order valence-electron chi connectivity index (χ0n) is 16.4. The van der Waals surface area contributed by atoms with E-state index in [0.29, 0.717) is 23.8 Å². The number of hydrogen-bond acceptors (Lipinski definition) is 4. The normalized spacial score (nSPS) is 10.7. The minimum atomic E-state index is -0.180. The maximum atomic E-state index is 13.4. The van der Waals surface area contributed by atoms with Crippen LogP contribution in [0, 0.1) is 0 Å². The lowest BCUT2D eigenvalue weighted by Crippen LogP contribution is -2.31. The number of nitrogens with zero attached hydrogens (tertiary/aromatic N) is 5. The van der Waals surface area contributed by atoms with Crippen LogP contribution in [0.2, 0.25) is 5.02 Å². The molecule has 0 N–H and O–H groups in total. The lowest BCUT2D eigenvalue weighted by Gasteiger charge is -2.20. The van der Waals surface area contributed by atoms with Gasteiger partial charge in [0.15, 0.2) is 5.69 Å².